The van der Waals surface area contributed by atoms with E-state index in [0.29, 0.717) is 30.9 Å². The number of allylic oxidation sites excluding steroid dienone is 1. The van der Waals surface area contributed by atoms with Crippen LogP contribution in [-0.4, -0.2) is 115 Å². The number of benzene rings is 2. The van der Waals surface area contributed by atoms with Crippen LogP contribution in [0, 0.1) is 17.8 Å². The monoisotopic (exact) mass is 838 g/mol. The zero-order valence-electron chi connectivity index (χ0n) is 35.4. The van der Waals surface area contributed by atoms with Crippen molar-refractivity contribution < 1.29 is 48.6 Å². The minimum absolute atomic E-state index is 0.0692. The summed E-state index contributed by atoms with van der Waals surface area (Å²) >= 11 is 1.74. The van der Waals surface area contributed by atoms with E-state index in [2.05, 4.69) is 30.9 Å². The molecule has 6 unspecified atom stereocenters. The Bertz CT molecular complexity index is 1680. The van der Waals surface area contributed by atoms with Gasteiger partial charge in [-0.05, 0) is 101 Å². The van der Waals surface area contributed by atoms with Crippen LogP contribution in [0.1, 0.15) is 84.1 Å². The maximum Gasteiger partial charge on any atom is 0.410 e. The van der Waals surface area contributed by atoms with E-state index in [9.17, 15) is 20.1 Å². The normalized spacial score (nSPS) is 24.0. The van der Waals surface area contributed by atoms with Crippen LogP contribution in [0.5, 0.6) is 11.5 Å². The van der Waals surface area contributed by atoms with E-state index in [0.717, 1.165) is 48.3 Å². The summed E-state index contributed by atoms with van der Waals surface area (Å²) in [6.45, 7) is 12.9. The third-order valence-corrected chi connectivity index (χ3v) is 12.0. The number of hydrogen-bond donors (Lipinski definition) is 3. The number of nitrogens with zero attached hydrogens (tertiary/aromatic N) is 2. The van der Waals surface area contributed by atoms with Crippen LogP contribution >= 0.6 is 11.8 Å². The van der Waals surface area contributed by atoms with Gasteiger partial charge in [0.15, 0.2) is 0 Å². The molecule has 0 bridgehead atoms. The fourth-order valence-corrected chi connectivity index (χ4v) is 9.43. The minimum Gasteiger partial charge on any atom is -0.493 e. The highest BCUT2D eigenvalue weighted by Crippen LogP contribution is 2.62. The molecule has 2 aliphatic carbocycles. The molecule has 326 valence electrons. The summed E-state index contributed by atoms with van der Waals surface area (Å²) in [6, 6.07) is 15.5. The van der Waals surface area contributed by atoms with E-state index in [1.807, 2.05) is 51.1 Å². The van der Waals surface area contributed by atoms with Gasteiger partial charge < -0.3 is 43.8 Å². The van der Waals surface area contributed by atoms with Gasteiger partial charge in [-0.15, -0.1) is 18.3 Å². The van der Waals surface area contributed by atoms with E-state index in [-0.39, 0.29) is 77.0 Å². The van der Waals surface area contributed by atoms with Gasteiger partial charge in [-0.25, -0.2) is 4.79 Å². The molecular formula is C46H66N2O10S. The van der Waals surface area contributed by atoms with Crippen LogP contribution in [-0.2, 0) is 19.0 Å². The molecular weight excluding hydrogens is 773 g/mol. The first kappa shape index (κ1) is 46.5. The van der Waals surface area contributed by atoms with Crippen LogP contribution < -0.4 is 9.47 Å². The molecule has 2 aromatic rings. The molecule has 1 heterocycles. The first-order chi connectivity index (χ1) is 28.6. The standard InChI is InChI=1S/C46H66N2O10S/c1-6-25-56-46-41(48(44(52)54-7-2)21-26-53-27-24-51)32-39(47-58-45(3,4)5)37-30-33(15-11-13-22-49)36(18-12-14-23-50)42(43(37)46)38-31-34(19-20-40(38)57-46)55-28-29-59-35-16-9-8-10-17-35/h6,8-10,16-17,19-20,30-31,33,36,41-43,49-51H,1,7,11-15,18,21-29,32H2,2-5H3. The number of aliphatic hydroxyl groups excluding tert-OH is 3. The van der Waals surface area contributed by atoms with Gasteiger partial charge >= 0.3 is 6.09 Å². The number of rotatable bonds is 24. The lowest BCUT2D eigenvalue weighted by Crippen LogP contribution is -2.70. The Morgan fingerprint density at radius 1 is 1.02 bits per heavy atom. The summed E-state index contributed by atoms with van der Waals surface area (Å²) in [7, 11) is 0. The second-order valence-corrected chi connectivity index (χ2v) is 17.4. The number of unbranched alkanes of at least 4 members (excludes halogenated alkanes) is 2. The van der Waals surface area contributed by atoms with Gasteiger partial charge in [0.05, 0.1) is 51.3 Å². The molecule has 3 aliphatic rings. The van der Waals surface area contributed by atoms with Crippen molar-refractivity contribution in [2.24, 2.45) is 22.9 Å². The average molecular weight is 839 g/mol. The molecule has 0 saturated heterocycles. The number of thioether (sulfide) groups is 1. The summed E-state index contributed by atoms with van der Waals surface area (Å²) in [6.07, 6.45) is 8.35. The quantitative estimate of drug-likeness (QED) is 0.0413. The predicted octanol–water partition coefficient (Wildman–Crippen LogP) is 7.76. The summed E-state index contributed by atoms with van der Waals surface area (Å²) in [5, 5.41) is 34.1. The molecule has 1 aliphatic heterocycles. The van der Waals surface area contributed by atoms with Crippen molar-refractivity contribution in [2.75, 3.05) is 65.2 Å². The molecule has 12 nitrogen and oxygen atoms in total. The van der Waals surface area contributed by atoms with Gasteiger partial charge in [0.25, 0.3) is 0 Å². The van der Waals surface area contributed by atoms with Gasteiger partial charge in [0, 0.05) is 48.3 Å². The number of aliphatic hydroxyl groups is 3. The Labute approximate surface area is 354 Å². The first-order valence-electron chi connectivity index (χ1n) is 21.3. The van der Waals surface area contributed by atoms with Gasteiger partial charge in [-0.2, -0.15) is 0 Å². The van der Waals surface area contributed by atoms with E-state index in [4.69, 9.17) is 33.7 Å². The van der Waals surface area contributed by atoms with Crippen LogP contribution in [0.3, 0.4) is 0 Å². The van der Waals surface area contributed by atoms with Crippen molar-refractivity contribution in [2.45, 2.75) is 101 Å². The van der Waals surface area contributed by atoms with Crippen LogP contribution in [0.4, 0.5) is 4.79 Å². The number of carbonyl (C=O) groups excluding carboxylic acids is 1. The average Bonchev–Trinajstić information content (AvgIpc) is 3.22. The Hall–Kier alpha value is -3.59. The van der Waals surface area contributed by atoms with Crippen molar-refractivity contribution in [3.63, 3.8) is 0 Å². The smallest absolute Gasteiger partial charge is 0.410 e. The van der Waals surface area contributed by atoms with Crippen molar-refractivity contribution >= 4 is 23.6 Å². The second-order valence-electron chi connectivity index (χ2n) is 16.2. The van der Waals surface area contributed by atoms with E-state index < -0.39 is 29.4 Å². The first-order valence-corrected chi connectivity index (χ1v) is 22.3. The molecule has 1 saturated carbocycles. The van der Waals surface area contributed by atoms with Crippen LogP contribution in [0.2, 0.25) is 0 Å². The fraction of sp³-hybridized carbons (Fsp3) is 0.609. The number of ether oxygens (including phenoxy) is 5. The Kier molecular flexibility index (Phi) is 18.0. The summed E-state index contributed by atoms with van der Waals surface area (Å²) in [5.74, 6) is 0.212. The third kappa shape index (κ3) is 12.0. The molecule has 13 heteroatoms. The summed E-state index contributed by atoms with van der Waals surface area (Å²) in [4.78, 5) is 23.1. The molecule has 2 aromatic carbocycles. The number of fused-ring (bicyclic) bond motifs is 2. The molecule has 0 spiro atoms. The maximum absolute atomic E-state index is 14.1. The predicted molar refractivity (Wildman–Crippen MR) is 230 cm³/mol. The lowest BCUT2D eigenvalue weighted by Gasteiger charge is -2.59. The van der Waals surface area contributed by atoms with Crippen LogP contribution in [0.25, 0.3) is 0 Å². The Morgan fingerprint density at radius 2 is 1.78 bits per heavy atom. The van der Waals surface area contributed by atoms with Crippen LogP contribution in [0.15, 0.2) is 82.9 Å². The zero-order valence-corrected chi connectivity index (χ0v) is 36.2. The SMILES string of the molecule is C=CCOC12Oc3ccc(OCCSc4ccccc4)cc3C3C(CCCCO)C(CCCCO)C=C(C(=NOC(C)(C)C)CC1N(CCOCCO)C(=O)OCC)C32. The van der Waals surface area contributed by atoms with E-state index >= 15 is 0 Å². The highest BCUT2D eigenvalue weighted by atomic mass is 32.2. The summed E-state index contributed by atoms with van der Waals surface area (Å²) < 4.78 is 32.2. The minimum atomic E-state index is -1.43. The molecule has 0 aromatic heterocycles. The van der Waals surface area contributed by atoms with Crippen molar-refractivity contribution in [3.05, 3.63) is 78.4 Å². The topological polar surface area (TPSA) is 149 Å². The molecule has 3 N–H and O–H groups in total. The van der Waals surface area contributed by atoms with Gasteiger partial charge in [0.1, 0.15) is 23.1 Å². The third-order valence-electron chi connectivity index (χ3n) is 11.0. The second kappa shape index (κ2) is 22.9. The lowest BCUT2D eigenvalue weighted by molar-refractivity contribution is -0.256. The molecule has 6 atom stereocenters. The van der Waals surface area contributed by atoms with E-state index in [1.54, 1.807) is 29.7 Å². The van der Waals surface area contributed by atoms with Crippen molar-refractivity contribution in [1.29, 1.82) is 0 Å². The number of hydrogen-bond acceptors (Lipinski definition) is 12. The largest absolute Gasteiger partial charge is 0.493 e. The number of amides is 1. The zero-order chi connectivity index (χ0) is 42.3. The molecule has 0 radical (unpaired) electrons. The van der Waals surface area contributed by atoms with Gasteiger partial charge in [-0.3, -0.25) is 4.90 Å². The lowest BCUT2D eigenvalue weighted by atomic mass is 9.55. The number of oxime groups is 1. The number of carbonyl (C=O) groups is 1. The Morgan fingerprint density at radius 3 is 2.47 bits per heavy atom. The van der Waals surface area contributed by atoms with Crippen molar-refractivity contribution in [3.8, 4) is 11.5 Å². The summed E-state index contributed by atoms with van der Waals surface area (Å²) in [5.41, 5.74) is 2.03. The van der Waals surface area contributed by atoms with Crippen molar-refractivity contribution in [1.82, 2.24) is 4.90 Å². The molecule has 5 rings (SSSR count). The molecule has 1 fully saturated rings. The highest BCUT2D eigenvalue weighted by molar-refractivity contribution is 7.99. The van der Waals surface area contributed by atoms with Gasteiger partial charge in [0.2, 0.25) is 5.79 Å². The fourth-order valence-electron chi connectivity index (χ4n) is 8.68. The highest BCUT2D eigenvalue weighted by Gasteiger charge is 2.65. The molecule has 1 amide bonds. The van der Waals surface area contributed by atoms with E-state index in [1.165, 1.54) is 4.90 Å². The molecule has 59 heavy (non-hydrogen) atoms. The van der Waals surface area contributed by atoms with Gasteiger partial charge in [-0.1, -0.05) is 48.3 Å². The maximum atomic E-state index is 14.1. The Balaban J connectivity index is 1.70.